The summed E-state index contributed by atoms with van der Waals surface area (Å²) in [6, 6.07) is 7.49. The zero-order valence-electron chi connectivity index (χ0n) is 13.2. The minimum absolute atomic E-state index is 0.0592. The van der Waals surface area contributed by atoms with Gasteiger partial charge >= 0.3 is 11.9 Å². The van der Waals surface area contributed by atoms with Crippen LogP contribution < -0.4 is 5.43 Å². The largest absolute Gasteiger partial charge is 0.463 e. The molecular formula is C16H16BrN3O4. The normalized spacial score (nSPS) is 10.6. The molecule has 0 fully saturated rings. The summed E-state index contributed by atoms with van der Waals surface area (Å²) in [5.41, 5.74) is 4.20. The number of benzene rings is 1. The smallest absolute Gasteiger partial charge is 0.376 e. The molecular weight excluding hydrogens is 378 g/mol. The summed E-state index contributed by atoms with van der Waals surface area (Å²) in [6.07, 6.45) is 4.20. The Morgan fingerprint density at radius 3 is 2.67 bits per heavy atom. The van der Waals surface area contributed by atoms with Gasteiger partial charge in [-0.05, 0) is 19.1 Å². The summed E-state index contributed by atoms with van der Waals surface area (Å²) in [5.74, 6) is -1.03. The highest BCUT2D eigenvalue weighted by atomic mass is 79.9. The van der Waals surface area contributed by atoms with Gasteiger partial charge in [-0.15, -0.1) is 0 Å². The maximum atomic E-state index is 11.9. The summed E-state index contributed by atoms with van der Waals surface area (Å²) >= 11 is 3.37. The number of carbonyl (C=O) groups is 2. The lowest BCUT2D eigenvalue weighted by molar-refractivity contribution is -0.137. The number of ether oxygens (including phenoxy) is 2. The molecule has 24 heavy (non-hydrogen) atoms. The van der Waals surface area contributed by atoms with Crippen molar-refractivity contribution in [1.29, 1.82) is 0 Å². The average molecular weight is 394 g/mol. The Morgan fingerprint density at radius 2 is 2.04 bits per heavy atom. The zero-order chi connectivity index (χ0) is 17.5. The summed E-state index contributed by atoms with van der Waals surface area (Å²) in [7, 11) is 1.27. The first-order chi connectivity index (χ1) is 11.5. The molecule has 2 aromatic rings. The van der Waals surface area contributed by atoms with E-state index in [2.05, 4.69) is 26.3 Å². The first kappa shape index (κ1) is 17.7. The SMILES string of the molecule is CCOC(=O)/C=C/Nn1cc(-c2ccc(Br)cc2)nc1C(=O)OC. The number of hydrogen-bond donors (Lipinski definition) is 1. The van der Waals surface area contributed by atoms with Crippen molar-refractivity contribution in [3.8, 4) is 11.3 Å². The third-order valence-electron chi connectivity index (χ3n) is 2.93. The average Bonchev–Trinajstić information content (AvgIpc) is 2.99. The highest BCUT2D eigenvalue weighted by Gasteiger charge is 2.17. The summed E-state index contributed by atoms with van der Waals surface area (Å²) in [5, 5.41) is 0. The molecule has 1 N–H and O–H groups in total. The van der Waals surface area contributed by atoms with Crippen LogP contribution in [0, 0.1) is 0 Å². The van der Waals surface area contributed by atoms with Crippen LogP contribution in [0.15, 0.2) is 47.2 Å². The predicted octanol–water partition coefficient (Wildman–Crippen LogP) is 2.72. The molecule has 0 aliphatic carbocycles. The maximum Gasteiger partial charge on any atom is 0.376 e. The number of esters is 2. The number of hydrogen-bond acceptors (Lipinski definition) is 6. The van der Waals surface area contributed by atoms with Gasteiger partial charge in [0, 0.05) is 22.3 Å². The topological polar surface area (TPSA) is 82.5 Å². The third-order valence-corrected chi connectivity index (χ3v) is 3.46. The minimum atomic E-state index is -0.601. The van der Waals surface area contributed by atoms with Crippen molar-refractivity contribution in [2.24, 2.45) is 0 Å². The van der Waals surface area contributed by atoms with E-state index >= 15 is 0 Å². The molecule has 7 nitrogen and oxygen atoms in total. The predicted molar refractivity (Wildman–Crippen MR) is 91.8 cm³/mol. The van der Waals surface area contributed by atoms with E-state index in [0.29, 0.717) is 5.69 Å². The van der Waals surface area contributed by atoms with Gasteiger partial charge in [0.2, 0.25) is 5.82 Å². The number of aromatic nitrogens is 2. The number of nitrogens with zero attached hydrogens (tertiary/aromatic N) is 2. The minimum Gasteiger partial charge on any atom is -0.463 e. The lowest BCUT2D eigenvalue weighted by Crippen LogP contribution is -2.17. The second kappa shape index (κ2) is 8.30. The number of carbonyl (C=O) groups excluding carboxylic acids is 2. The number of methoxy groups -OCH3 is 1. The third kappa shape index (κ3) is 4.45. The first-order valence-corrected chi connectivity index (χ1v) is 7.88. The zero-order valence-corrected chi connectivity index (χ0v) is 14.7. The number of imidazole rings is 1. The van der Waals surface area contributed by atoms with E-state index in [0.717, 1.165) is 10.0 Å². The molecule has 0 saturated carbocycles. The fraction of sp³-hybridized carbons (Fsp3) is 0.188. The second-order valence-corrected chi connectivity index (χ2v) is 5.45. The van der Waals surface area contributed by atoms with Gasteiger partial charge in [0.25, 0.3) is 0 Å². The summed E-state index contributed by atoms with van der Waals surface area (Å²) in [6.45, 7) is 2.00. The van der Waals surface area contributed by atoms with Gasteiger partial charge in [0.1, 0.15) is 0 Å². The highest BCUT2D eigenvalue weighted by molar-refractivity contribution is 9.10. The van der Waals surface area contributed by atoms with Crippen LogP contribution in [0.4, 0.5) is 0 Å². The van der Waals surface area contributed by atoms with Crippen molar-refractivity contribution in [2.75, 3.05) is 19.1 Å². The fourth-order valence-electron chi connectivity index (χ4n) is 1.85. The van der Waals surface area contributed by atoms with Crippen molar-refractivity contribution in [2.45, 2.75) is 6.92 Å². The Labute approximate surface area is 147 Å². The molecule has 0 aliphatic rings. The van der Waals surface area contributed by atoms with Crippen molar-refractivity contribution >= 4 is 27.9 Å². The molecule has 126 valence electrons. The van der Waals surface area contributed by atoms with Gasteiger partial charge in [0.15, 0.2) is 0 Å². The van der Waals surface area contributed by atoms with Crippen LogP contribution in [0.25, 0.3) is 11.3 Å². The quantitative estimate of drug-likeness (QED) is 0.599. The van der Waals surface area contributed by atoms with Crippen LogP contribution in [-0.4, -0.2) is 35.3 Å². The summed E-state index contributed by atoms with van der Waals surface area (Å²) in [4.78, 5) is 27.4. The molecule has 0 spiro atoms. The van der Waals surface area contributed by atoms with Crippen LogP contribution in [0.5, 0.6) is 0 Å². The van der Waals surface area contributed by atoms with E-state index in [1.165, 1.54) is 24.1 Å². The lowest BCUT2D eigenvalue weighted by atomic mass is 10.2. The van der Waals surface area contributed by atoms with Crippen LogP contribution in [0.1, 0.15) is 17.5 Å². The van der Waals surface area contributed by atoms with Crippen molar-refractivity contribution in [3.63, 3.8) is 0 Å². The Balaban J connectivity index is 2.27. The standard InChI is InChI=1S/C16H16BrN3O4/c1-3-24-14(21)8-9-18-20-10-13(19-15(20)16(22)23-2)11-4-6-12(17)7-5-11/h4-10,18H,3H2,1-2H3/b9-8+. The van der Waals surface area contributed by atoms with E-state index in [-0.39, 0.29) is 12.4 Å². The number of halogens is 1. The Hall–Kier alpha value is -2.61. The molecule has 0 radical (unpaired) electrons. The molecule has 8 heteroatoms. The van der Waals surface area contributed by atoms with E-state index < -0.39 is 11.9 Å². The van der Waals surface area contributed by atoms with Gasteiger partial charge < -0.3 is 9.47 Å². The monoisotopic (exact) mass is 393 g/mol. The van der Waals surface area contributed by atoms with Crippen LogP contribution in [-0.2, 0) is 14.3 Å². The molecule has 1 aromatic carbocycles. The molecule has 1 aromatic heterocycles. The van der Waals surface area contributed by atoms with Gasteiger partial charge in [-0.25, -0.2) is 19.2 Å². The molecule has 2 rings (SSSR count). The van der Waals surface area contributed by atoms with E-state index in [9.17, 15) is 9.59 Å². The molecule has 1 heterocycles. The number of nitrogens with one attached hydrogen (secondary N) is 1. The Bertz CT molecular complexity index is 753. The van der Waals surface area contributed by atoms with E-state index in [1.54, 1.807) is 13.1 Å². The Morgan fingerprint density at radius 1 is 1.33 bits per heavy atom. The molecule has 0 atom stereocenters. The van der Waals surface area contributed by atoms with Gasteiger partial charge in [-0.3, -0.25) is 5.43 Å². The van der Waals surface area contributed by atoms with Crippen LogP contribution in [0.3, 0.4) is 0 Å². The summed E-state index contributed by atoms with van der Waals surface area (Å²) < 4.78 is 11.8. The fourth-order valence-corrected chi connectivity index (χ4v) is 2.11. The van der Waals surface area contributed by atoms with Gasteiger partial charge in [-0.1, -0.05) is 28.1 Å². The maximum absolute atomic E-state index is 11.9. The first-order valence-electron chi connectivity index (χ1n) is 7.08. The number of rotatable bonds is 6. The molecule has 0 bridgehead atoms. The highest BCUT2D eigenvalue weighted by Crippen LogP contribution is 2.21. The second-order valence-electron chi connectivity index (χ2n) is 4.53. The van der Waals surface area contributed by atoms with Crippen molar-refractivity contribution in [3.05, 3.63) is 53.0 Å². The van der Waals surface area contributed by atoms with Crippen molar-refractivity contribution < 1.29 is 19.1 Å². The van der Waals surface area contributed by atoms with E-state index in [4.69, 9.17) is 9.47 Å². The van der Waals surface area contributed by atoms with Crippen LogP contribution in [0.2, 0.25) is 0 Å². The van der Waals surface area contributed by atoms with Gasteiger partial charge in [0.05, 0.1) is 25.6 Å². The van der Waals surface area contributed by atoms with Gasteiger partial charge in [-0.2, -0.15) is 0 Å². The van der Waals surface area contributed by atoms with E-state index in [1.807, 2.05) is 24.3 Å². The molecule has 0 unspecified atom stereocenters. The Kier molecular flexibility index (Phi) is 6.14. The molecule has 0 saturated heterocycles. The lowest BCUT2D eigenvalue weighted by Gasteiger charge is -2.04. The molecule has 0 amide bonds. The van der Waals surface area contributed by atoms with Crippen LogP contribution >= 0.6 is 15.9 Å². The molecule has 0 aliphatic heterocycles. The van der Waals surface area contributed by atoms with Crippen molar-refractivity contribution in [1.82, 2.24) is 9.66 Å².